The maximum Gasteiger partial charge on any atom is 0.0706 e. The highest BCUT2D eigenvalue weighted by atomic mass is 16.3. The molecule has 3 rings (SSSR count). The van der Waals surface area contributed by atoms with Crippen LogP contribution in [0, 0.1) is 5.92 Å². The second-order valence-corrected chi connectivity index (χ2v) is 5.42. The Morgan fingerprint density at radius 3 is 3.12 bits per heavy atom. The molecule has 2 fully saturated rings. The van der Waals surface area contributed by atoms with Crippen molar-refractivity contribution in [3.05, 3.63) is 30.1 Å². The van der Waals surface area contributed by atoms with Gasteiger partial charge in [0.15, 0.2) is 0 Å². The van der Waals surface area contributed by atoms with Crippen LogP contribution < -0.4 is 5.32 Å². The zero-order valence-electron chi connectivity index (χ0n) is 10.1. The van der Waals surface area contributed by atoms with Crippen LogP contribution in [0.3, 0.4) is 0 Å². The van der Waals surface area contributed by atoms with Crippen LogP contribution in [0.4, 0.5) is 0 Å². The molecular weight excluding hydrogens is 212 g/mol. The normalized spacial score (nSPS) is 37.5. The lowest BCUT2D eigenvalue weighted by Gasteiger charge is -2.48. The highest BCUT2D eigenvalue weighted by Gasteiger charge is 2.45. The van der Waals surface area contributed by atoms with E-state index in [2.05, 4.69) is 16.4 Å². The van der Waals surface area contributed by atoms with Gasteiger partial charge in [-0.05, 0) is 37.4 Å². The Labute approximate surface area is 102 Å². The molecule has 0 spiro atoms. The lowest BCUT2D eigenvalue weighted by molar-refractivity contribution is -0.0861. The smallest absolute Gasteiger partial charge is 0.0706 e. The molecule has 1 saturated heterocycles. The van der Waals surface area contributed by atoms with Crippen molar-refractivity contribution in [2.24, 2.45) is 5.92 Å². The summed E-state index contributed by atoms with van der Waals surface area (Å²) in [4.78, 5) is 4.20. The molecule has 3 atom stereocenters. The van der Waals surface area contributed by atoms with Gasteiger partial charge in [-0.25, -0.2) is 0 Å². The van der Waals surface area contributed by atoms with E-state index < -0.39 is 5.60 Å². The van der Waals surface area contributed by atoms with Crippen LogP contribution in [-0.2, 0) is 0 Å². The van der Waals surface area contributed by atoms with Crippen molar-refractivity contribution >= 4 is 0 Å². The fourth-order valence-electron chi connectivity index (χ4n) is 3.53. The van der Waals surface area contributed by atoms with Crippen molar-refractivity contribution in [1.29, 1.82) is 0 Å². The van der Waals surface area contributed by atoms with Crippen LogP contribution in [0.1, 0.15) is 43.7 Å². The molecule has 3 unspecified atom stereocenters. The standard InChI is InChI=1S/C14H20N2O/c17-14-6-2-1-5-12(14)13(16-9-7-14)11-4-3-8-15-10-11/h3-4,8,10,12-13,16-17H,1-2,5-7,9H2. The molecule has 1 aromatic rings. The predicted octanol–water partition coefficient (Wildman–Crippen LogP) is 2.04. The van der Waals surface area contributed by atoms with Crippen molar-refractivity contribution in [3.63, 3.8) is 0 Å². The van der Waals surface area contributed by atoms with Gasteiger partial charge in [-0.1, -0.05) is 18.9 Å². The molecule has 2 aliphatic rings. The second kappa shape index (κ2) is 4.39. The van der Waals surface area contributed by atoms with E-state index in [1.807, 2.05) is 12.3 Å². The van der Waals surface area contributed by atoms with Crippen LogP contribution in [0.25, 0.3) is 0 Å². The van der Waals surface area contributed by atoms with Gasteiger partial charge in [-0.2, -0.15) is 0 Å². The van der Waals surface area contributed by atoms with Crippen LogP contribution in [0.2, 0.25) is 0 Å². The van der Waals surface area contributed by atoms with E-state index >= 15 is 0 Å². The van der Waals surface area contributed by atoms with Crippen molar-refractivity contribution in [3.8, 4) is 0 Å². The first-order valence-corrected chi connectivity index (χ1v) is 6.65. The third-order valence-corrected chi connectivity index (χ3v) is 4.43. The summed E-state index contributed by atoms with van der Waals surface area (Å²) in [5.74, 6) is 0.356. The van der Waals surface area contributed by atoms with Gasteiger partial charge in [-0.15, -0.1) is 0 Å². The second-order valence-electron chi connectivity index (χ2n) is 5.42. The summed E-state index contributed by atoms with van der Waals surface area (Å²) in [7, 11) is 0. The molecule has 3 heteroatoms. The van der Waals surface area contributed by atoms with E-state index in [1.54, 1.807) is 6.20 Å². The van der Waals surface area contributed by atoms with Crippen LogP contribution >= 0.6 is 0 Å². The lowest BCUT2D eigenvalue weighted by atomic mass is 9.67. The van der Waals surface area contributed by atoms with Crippen LogP contribution in [0.15, 0.2) is 24.5 Å². The monoisotopic (exact) mass is 232 g/mol. The molecule has 17 heavy (non-hydrogen) atoms. The van der Waals surface area contributed by atoms with Crippen molar-refractivity contribution in [2.75, 3.05) is 6.54 Å². The van der Waals surface area contributed by atoms with E-state index in [0.717, 1.165) is 25.8 Å². The molecule has 0 radical (unpaired) electrons. The minimum Gasteiger partial charge on any atom is -0.389 e. The number of aromatic nitrogens is 1. The molecule has 0 bridgehead atoms. The van der Waals surface area contributed by atoms with E-state index in [1.165, 1.54) is 18.4 Å². The van der Waals surface area contributed by atoms with Crippen molar-refractivity contribution < 1.29 is 5.11 Å². The summed E-state index contributed by atoms with van der Waals surface area (Å²) in [6.07, 6.45) is 9.14. The maximum absolute atomic E-state index is 10.8. The first-order valence-electron chi connectivity index (χ1n) is 6.65. The molecule has 1 aromatic heterocycles. The average Bonchev–Trinajstić information content (AvgIpc) is 2.38. The fourth-order valence-corrected chi connectivity index (χ4v) is 3.53. The van der Waals surface area contributed by atoms with Gasteiger partial charge >= 0.3 is 0 Å². The molecule has 2 N–H and O–H groups in total. The highest BCUT2D eigenvalue weighted by molar-refractivity contribution is 5.18. The van der Waals surface area contributed by atoms with Gasteiger partial charge in [0.25, 0.3) is 0 Å². The SMILES string of the molecule is OC12CCCCC1C(c1cccnc1)NCC2. The molecule has 0 amide bonds. The molecule has 0 aromatic carbocycles. The Bertz CT molecular complexity index is 377. The number of hydrogen-bond acceptors (Lipinski definition) is 3. The minimum atomic E-state index is -0.440. The topological polar surface area (TPSA) is 45.2 Å². The average molecular weight is 232 g/mol. The summed E-state index contributed by atoms with van der Waals surface area (Å²) >= 11 is 0. The molecular formula is C14H20N2O. The Morgan fingerprint density at radius 2 is 2.29 bits per heavy atom. The van der Waals surface area contributed by atoms with E-state index in [-0.39, 0.29) is 6.04 Å². The number of fused-ring (bicyclic) bond motifs is 1. The largest absolute Gasteiger partial charge is 0.389 e. The molecule has 1 aliphatic carbocycles. The summed E-state index contributed by atoms with van der Waals surface area (Å²) < 4.78 is 0. The van der Waals surface area contributed by atoms with Crippen molar-refractivity contribution in [1.82, 2.24) is 10.3 Å². The molecule has 1 aliphatic heterocycles. The fraction of sp³-hybridized carbons (Fsp3) is 0.643. The molecule has 1 saturated carbocycles. The van der Waals surface area contributed by atoms with E-state index in [4.69, 9.17) is 0 Å². The maximum atomic E-state index is 10.8. The predicted molar refractivity (Wildman–Crippen MR) is 66.5 cm³/mol. The number of piperidine rings is 1. The van der Waals surface area contributed by atoms with Gasteiger partial charge in [0.1, 0.15) is 0 Å². The van der Waals surface area contributed by atoms with Gasteiger partial charge in [0.05, 0.1) is 5.60 Å². The lowest BCUT2D eigenvalue weighted by Crippen LogP contribution is -2.53. The number of nitrogens with zero attached hydrogens (tertiary/aromatic N) is 1. The zero-order valence-corrected chi connectivity index (χ0v) is 10.1. The van der Waals surface area contributed by atoms with Crippen LogP contribution in [0.5, 0.6) is 0 Å². The van der Waals surface area contributed by atoms with Gasteiger partial charge in [0.2, 0.25) is 0 Å². The third-order valence-electron chi connectivity index (χ3n) is 4.43. The van der Waals surface area contributed by atoms with Gasteiger partial charge < -0.3 is 10.4 Å². The summed E-state index contributed by atoms with van der Waals surface area (Å²) in [5, 5.41) is 14.3. The number of nitrogens with one attached hydrogen (secondary N) is 1. The minimum absolute atomic E-state index is 0.280. The molecule has 2 heterocycles. The summed E-state index contributed by atoms with van der Waals surface area (Å²) in [6.45, 7) is 0.909. The quantitative estimate of drug-likeness (QED) is 0.779. The molecule has 92 valence electrons. The van der Waals surface area contributed by atoms with Crippen LogP contribution in [-0.4, -0.2) is 22.2 Å². The zero-order chi connectivity index (χ0) is 11.7. The van der Waals surface area contributed by atoms with Gasteiger partial charge in [0, 0.05) is 24.4 Å². The summed E-state index contributed by atoms with van der Waals surface area (Å²) in [6, 6.07) is 4.38. The number of pyridine rings is 1. The third kappa shape index (κ3) is 1.98. The van der Waals surface area contributed by atoms with E-state index in [0.29, 0.717) is 5.92 Å². The number of rotatable bonds is 1. The Kier molecular flexibility index (Phi) is 2.89. The van der Waals surface area contributed by atoms with Crippen molar-refractivity contribution in [2.45, 2.75) is 43.7 Å². The first-order chi connectivity index (χ1) is 8.30. The van der Waals surface area contributed by atoms with E-state index in [9.17, 15) is 5.11 Å². The molecule has 3 nitrogen and oxygen atoms in total. The first kappa shape index (κ1) is 11.2. The number of aliphatic hydroxyl groups is 1. The Morgan fingerprint density at radius 1 is 1.35 bits per heavy atom. The Balaban J connectivity index is 1.89. The van der Waals surface area contributed by atoms with Gasteiger partial charge in [-0.3, -0.25) is 4.98 Å². The Hall–Kier alpha value is -0.930. The summed E-state index contributed by atoms with van der Waals surface area (Å²) in [5.41, 5.74) is 0.779. The highest BCUT2D eigenvalue weighted by Crippen LogP contribution is 2.45. The number of hydrogen-bond donors (Lipinski definition) is 2.